The standard InChI is InChI=1S/C44H51N5O10/c1-7-56-41(50)27-55-17-16-54-18-19-57-35-24-31(22-33(25-35)53-6)47-40-26-32(14-15-46-40)59-39-13-12-38(36-10-8-9-11-37(36)39)49-43(52)48-30-20-29(42(51)45-5)21-34(23-30)58-28-44(2,3)4/h8-15,20-26H,7,16-19,27-28H2,1-6H3,(H,45,51)(H,46,47)(H2,48,49,52). The Morgan fingerprint density at radius 2 is 1.46 bits per heavy atom. The minimum Gasteiger partial charge on any atom is -0.497 e. The smallest absolute Gasteiger partial charge is 0.332 e. The number of hydrogen-bond donors (Lipinski definition) is 4. The summed E-state index contributed by atoms with van der Waals surface area (Å²) >= 11 is 0. The van der Waals surface area contributed by atoms with Crippen molar-refractivity contribution in [1.82, 2.24) is 10.3 Å². The van der Waals surface area contributed by atoms with Gasteiger partial charge in [0.15, 0.2) is 0 Å². The topological polar surface area (TPSA) is 177 Å². The molecule has 1 aromatic heterocycles. The number of pyridine rings is 1. The molecule has 0 fully saturated rings. The number of ether oxygens (including phenoxy) is 7. The zero-order valence-corrected chi connectivity index (χ0v) is 34.1. The van der Waals surface area contributed by atoms with Crippen molar-refractivity contribution in [2.45, 2.75) is 27.7 Å². The van der Waals surface area contributed by atoms with E-state index in [0.717, 1.165) is 10.8 Å². The van der Waals surface area contributed by atoms with E-state index in [2.05, 4.69) is 26.3 Å². The van der Waals surface area contributed by atoms with Crippen molar-refractivity contribution in [2.75, 3.05) is 76.4 Å². The summed E-state index contributed by atoms with van der Waals surface area (Å²) in [5.74, 6) is 2.48. The van der Waals surface area contributed by atoms with E-state index in [4.69, 9.17) is 33.2 Å². The number of anilines is 4. The van der Waals surface area contributed by atoms with E-state index < -0.39 is 12.0 Å². The molecule has 59 heavy (non-hydrogen) atoms. The van der Waals surface area contributed by atoms with Gasteiger partial charge in [-0.2, -0.15) is 0 Å². The number of benzene rings is 4. The van der Waals surface area contributed by atoms with Gasteiger partial charge in [-0.15, -0.1) is 0 Å². The first-order chi connectivity index (χ1) is 28.4. The number of urea groups is 1. The highest BCUT2D eigenvalue weighted by molar-refractivity contribution is 6.08. The number of aromatic nitrogens is 1. The maximum absolute atomic E-state index is 13.3. The van der Waals surface area contributed by atoms with Crippen LogP contribution < -0.4 is 40.2 Å². The maximum Gasteiger partial charge on any atom is 0.332 e. The van der Waals surface area contributed by atoms with E-state index in [1.54, 1.807) is 75.8 Å². The molecule has 15 nitrogen and oxygen atoms in total. The van der Waals surface area contributed by atoms with Crippen LogP contribution >= 0.6 is 0 Å². The summed E-state index contributed by atoms with van der Waals surface area (Å²) in [4.78, 5) is 41.6. The van der Waals surface area contributed by atoms with E-state index in [0.29, 0.717) is 83.6 Å². The molecule has 1 heterocycles. The number of fused-ring (bicyclic) bond motifs is 1. The van der Waals surface area contributed by atoms with Crippen molar-refractivity contribution in [3.63, 3.8) is 0 Å². The number of rotatable bonds is 20. The Balaban J connectivity index is 1.22. The van der Waals surface area contributed by atoms with Crippen LogP contribution in [0.15, 0.2) is 91.1 Å². The highest BCUT2D eigenvalue weighted by Crippen LogP contribution is 2.36. The second-order valence-electron chi connectivity index (χ2n) is 14.2. The van der Waals surface area contributed by atoms with Crippen LogP contribution in [0.1, 0.15) is 38.1 Å². The van der Waals surface area contributed by atoms with Crippen LogP contribution in [0, 0.1) is 5.41 Å². The molecule has 5 rings (SSSR count). The van der Waals surface area contributed by atoms with Gasteiger partial charge in [-0.25, -0.2) is 14.6 Å². The van der Waals surface area contributed by atoms with Gasteiger partial charge in [0.05, 0.1) is 45.8 Å². The van der Waals surface area contributed by atoms with Gasteiger partial charge in [0.25, 0.3) is 5.91 Å². The van der Waals surface area contributed by atoms with Gasteiger partial charge in [0, 0.05) is 71.3 Å². The van der Waals surface area contributed by atoms with E-state index in [1.165, 1.54) is 0 Å². The molecule has 0 atom stereocenters. The predicted octanol–water partition coefficient (Wildman–Crippen LogP) is 8.18. The summed E-state index contributed by atoms with van der Waals surface area (Å²) in [5.41, 5.74) is 1.87. The lowest BCUT2D eigenvalue weighted by molar-refractivity contribution is -0.148. The van der Waals surface area contributed by atoms with Crippen LogP contribution in [0.3, 0.4) is 0 Å². The molecule has 312 valence electrons. The van der Waals surface area contributed by atoms with Gasteiger partial charge in [0.1, 0.15) is 47.8 Å². The summed E-state index contributed by atoms with van der Waals surface area (Å²) in [5, 5.41) is 13.2. The molecule has 3 amide bonds. The molecule has 0 aliphatic heterocycles. The summed E-state index contributed by atoms with van der Waals surface area (Å²) in [6.45, 7) is 9.65. The third-order valence-electron chi connectivity index (χ3n) is 8.20. The van der Waals surface area contributed by atoms with E-state index in [-0.39, 0.29) is 31.1 Å². The second kappa shape index (κ2) is 21.3. The fraction of sp³-hybridized carbons (Fsp3) is 0.318. The second-order valence-corrected chi connectivity index (χ2v) is 14.2. The highest BCUT2D eigenvalue weighted by Gasteiger charge is 2.16. The highest BCUT2D eigenvalue weighted by atomic mass is 16.6. The number of esters is 1. The van der Waals surface area contributed by atoms with E-state index in [9.17, 15) is 14.4 Å². The molecule has 0 spiro atoms. The Hall–Kier alpha value is -6.58. The number of amides is 3. The fourth-order valence-corrected chi connectivity index (χ4v) is 5.54. The van der Waals surface area contributed by atoms with E-state index >= 15 is 0 Å². The molecule has 0 saturated carbocycles. The summed E-state index contributed by atoms with van der Waals surface area (Å²) in [7, 11) is 3.11. The third-order valence-corrected chi connectivity index (χ3v) is 8.20. The van der Waals surface area contributed by atoms with Crippen LogP contribution in [-0.2, 0) is 19.0 Å². The van der Waals surface area contributed by atoms with Crippen LogP contribution in [0.5, 0.6) is 28.7 Å². The number of carbonyl (C=O) groups excluding carboxylic acids is 3. The Bertz CT molecular complexity index is 2210. The van der Waals surface area contributed by atoms with Crippen molar-refractivity contribution >= 4 is 51.6 Å². The average Bonchev–Trinajstić information content (AvgIpc) is 3.21. The summed E-state index contributed by atoms with van der Waals surface area (Å²) in [6, 6.07) is 24.4. The Morgan fingerprint density at radius 3 is 2.22 bits per heavy atom. The first-order valence-electron chi connectivity index (χ1n) is 19.1. The minimum atomic E-state index is -0.501. The van der Waals surface area contributed by atoms with Crippen molar-refractivity contribution in [3.8, 4) is 28.7 Å². The molecule has 0 saturated heterocycles. The summed E-state index contributed by atoms with van der Waals surface area (Å²) < 4.78 is 39.3. The number of methoxy groups -OCH3 is 1. The maximum atomic E-state index is 13.3. The lowest BCUT2D eigenvalue weighted by atomic mass is 9.99. The zero-order valence-electron chi connectivity index (χ0n) is 34.1. The quantitative estimate of drug-likeness (QED) is 0.0439. The minimum absolute atomic E-state index is 0.107. The molecule has 4 N–H and O–H groups in total. The monoisotopic (exact) mass is 809 g/mol. The third kappa shape index (κ3) is 13.8. The lowest BCUT2D eigenvalue weighted by Crippen LogP contribution is -2.22. The Kier molecular flexibility index (Phi) is 15.7. The van der Waals surface area contributed by atoms with Gasteiger partial charge in [-0.05, 0) is 42.7 Å². The molecule has 0 aliphatic carbocycles. The first-order valence-corrected chi connectivity index (χ1v) is 19.1. The molecule has 0 aliphatic rings. The van der Waals surface area contributed by atoms with Gasteiger partial charge >= 0.3 is 12.0 Å². The van der Waals surface area contributed by atoms with Crippen molar-refractivity contribution in [1.29, 1.82) is 0 Å². The predicted molar refractivity (Wildman–Crippen MR) is 226 cm³/mol. The summed E-state index contributed by atoms with van der Waals surface area (Å²) in [6.07, 6.45) is 1.63. The molecular weight excluding hydrogens is 759 g/mol. The molecular formula is C44H51N5O10. The van der Waals surface area contributed by atoms with Gasteiger partial charge in [-0.1, -0.05) is 45.0 Å². The normalized spacial score (nSPS) is 11.0. The zero-order chi connectivity index (χ0) is 42.2. The van der Waals surface area contributed by atoms with Gasteiger partial charge in [0.2, 0.25) is 0 Å². The van der Waals surface area contributed by atoms with Crippen molar-refractivity contribution < 1.29 is 47.5 Å². The number of nitrogens with one attached hydrogen (secondary N) is 4. The number of nitrogens with zero attached hydrogens (tertiary/aromatic N) is 1. The average molecular weight is 810 g/mol. The van der Waals surface area contributed by atoms with Crippen molar-refractivity contribution in [3.05, 3.63) is 96.7 Å². The molecule has 0 bridgehead atoms. The van der Waals surface area contributed by atoms with Gasteiger partial charge < -0.3 is 54.4 Å². The SMILES string of the molecule is CCOC(=O)COCCOCCOc1cc(Nc2cc(Oc3ccc(NC(=O)Nc4cc(OCC(C)(C)C)cc(C(=O)NC)c4)c4ccccc34)ccn2)cc(OC)c1. The van der Waals surface area contributed by atoms with Gasteiger partial charge in [-0.3, -0.25) is 4.79 Å². The molecule has 4 aromatic carbocycles. The van der Waals surface area contributed by atoms with Crippen molar-refractivity contribution in [2.24, 2.45) is 5.41 Å². The van der Waals surface area contributed by atoms with E-state index in [1.807, 2.05) is 57.2 Å². The lowest BCUT2D eigenvalue weighted by Gasteiger charge is -2.20. The Morgan fingerprint density at radius 1 is 0.729 bits per heavy atom. The number of carbonyl (C=O) groups is 3. The molecule has 15 heteroatoms. The molecule has 0 radical (unpaired) electrons. The van der Waals surface area contributed by atoms with Crippen LogP contribution in [-0.4, -0.2) is 83.3 Å². The molecule has 5 aromatic rings. The Labute approximate surface area is 343 Å². The van der Waals surface area contributed by atoms with Crippen LogP contribution in [0.25, 0.3) is 10.8 Å². The first kappa shape index (κ1) is 43.5. The number of hydrogen-bond acceptors (Lipinski definition) is 12. The largest absolute Gasteiger partial charge is 0.497 e. The van der Waals surface area contributed by atoms with Crippen LogP contribution in [0.2, 0.25) is 0 Å². The fourth-order valence-electron chi connectivity index (χ4n) is 5.54. The van der Waals surface area contributed by atoms with Crippen LogP contribution in [0.4, 0.5) is 27.7 Å². The molecule has 0 unspecified atom stereocenters.